The summed E-state index contributed by atoms with van der Waals surface area (Å²) in [5.74, 6) is -3.71. The van der Waals surface area contributed by atoms with Gasteiger partial charge in [-0.05, 0) is 12.1 Å². The van der Waals surface area contributed by atoms with Crippen LogP contribution in [0.4, 0.5) is 14.5 Å². The molecule has 10 heteroatoms. The van der Waals surface area contributed by atoms with Crippen molar-refractivity contribution in [2.75, 3.05) is 12.3 Å². The molecule has 0 aliphatic rings. The van der Waals surface area contributed by atoms with E-state index in [1.807, 2.05) is 0 Å². The molecule has 1 aromatic rings. The van der Waals surface area contributed by atoms with Gasteiger partial charge >= 0.3 is 0 Å². The number of carbonyl (C=O) groups is 1. The Morgan fingerprint density at radius 2 is 2.00 bits per heavy atom. The maximum atomic E-state index is 13.5. The minimum Gasteiger partial charge on any atom is -0.394 e. The van der Waals surface area contributed by atoms with Crippen molar-refractivity contribution >= 4 is 21.6 Å². The first-order valence-electron chi connectivity index (χ1n) is 4.87. The van der Waals surface area contributed by atoms with Crippen molar-refractivity contribution in [1.82, 2.24) is 4.72 Å². The van der Waals surface area contributed by atoms with Crippen LogP contribution in [-0.4, -0.2) is 32.1 Å². The Balaban J connectivity index is 3.02. The summed E-state index contributed by atoms with van der Waals surface area (Å²) in [6, 6.07) is 1.34. The molecule has 1 unspecified atom stereocenters. The van der Waals surface area contributed by atoms with E-state index in [1.54, 1.807) is 4.72 Å². The second-order valence-electron chi connectivity index (χ2n) is 3.54. The number of benzene rings is 1. The Labute approximate surface area is 107 Å². The maximum Gasteiger partial charge on any atom is 0.247 e. The van der Waals surface area contributed by atoms with E-state index in [0.29, 0.717) is 12.1 Å². The lowest BCUT2D eigenvalue weighted by Gasteiger charge is -2.11. The number of nitrogens with two attached hydrogens (primary N) is 2. The molecule has 0 saturated heterocycles. The Hall–Kier alpha value is -1.78. The number of rotatable bonds is 5. The number of aliphatic hydroxyl groups is 1. The summed E-state index contributed by atoms with van der Waals surface area (Å²) in [6.07, 6.45) is -1.77. The van der Waals surface area contributed by atoms with Crippen LogP contribution in [0.1, 0.15) is 0 Å². The van der Waals surface area contributed by atoms with E-state index in [9.17, 15) is 22.0 Å². The molecule has 106 valence electrons. The summed E-state index contributed by atoms with van der Waals surface area (Å²) in [6.45, 7) is -0.742. The third kappa shape index (κ3) is 3.36. The predicted octanol–water partition coefficient (Wildman–Crippen LogP) is -1.33. The zero-order valence-electron chi connectivity index (χ0n) is 9.43. The molecule has 0 saturated carbocycles. The van der Waals surface area contributed by atoms with Crippen molar-refractivity contribution in [3.63, 3.8) is 0 Å². The van der Waals surface area contributed by atoms with Crippen LogP contribution in [0.2, 0.25) is 0 Å². The van der Waals surface area contributed by atoms with Crippen LogP contribution in [0.15, 0.2) is 17.0 Å². The highest BCUT2D eigenvalue weighted by Gasteiger charge is 2.24. The van der Waals surface area contributed by atoms with Crippen LogP contribution >= 0.6 is 0 Å². The fourth-order valence-corrected chi connectivity index (χ4v) is 2.25. The van der Waals surface area contributed by atoms with Gasteiger partial charge in [0.05, 0.1) is 0 Å². The summed E-state index contributed by atoms with van der Waals surface area (Å²) >= 11 is 0. The molecule has 0 bridgehead atoms. The minimum atomic E-state index is -4.40. The SMILES string of the molecule is NC(=O)C(O)CNS(=O)(=O)c1ccc(F)c(N)c1F. The van der Waals surface area contributed by atoms with Crippen LogP contribution in [-0.2, 0) is 14.8 Å². The van der Waals surface area contributed by atoms with Gasteiger partial charge in [-0.2, -0.15) is 0 Å². The van der Waals surface area contributed by atoms with E-state index in [2.05, 4.69) is 0 Å². The number of anilines is 1. The van der Waals surface area contributed by atoms with E-state index >= 15 is 0 Å². The highest BCUT2D eigenvalue weighted by Crippen LogP contribution is 2.22. The number of amides is 1. The molecule has 0 aliphatic heterocycles. The Morgan fingerprint density at radius 1 is 1.42 bits per heavy atom. The number of hydrogen-bond acceptors (Lipinski definition) is 5. The lowest BCUT2D eigenvalue weighted by Crippen LogP contribution is -2.40. The van der Waals surface area contributed by atoms with Gasteiger partial charge in [-0.25, -0.2) is 21.9 Å². The van der Waals surface area contributed by atoms with Crippen molar-refractivity contribution in [2.45, 2.75) is 11.0 Å². The molecule has 1 rings (SSSR count). The molecule has 1 atom stereocenters. The number of carbonyl (C=O) groups excluding carboxylic acids is 1. The number of nitrogens with one attached hydrogen (secondary N) is 1. The van der Waals surface area contributed by atoms with Crippen molar-refractivity contribution in [3.8, 4) is 0 Å². The van der Waals surface area contributed by atoms with Crippen molar-refractivity contribution < 1.29 is 27.1 Å². The third-order valence-electron chi connectivity index (χ3n) is 2.18. The number of hydrogen-bond donors (Lipinski definition) is 4. The van der Waals surface area contributed by atoms with Gasteiger partial charge in [0.2, 0.25) is 15.9 Å². The van der Waals surface area contributed by atoms with Gasteiger partial charge < -0.3 is 16.6 Å². The van der Waals surface area contributed by atoms with Gasteiger partial charge in [-0.1, -0.05) is 0 Å². The Morgan fingerprint density at radius 3 is 2.53 bits per heavy atom. The van der Waals surface area contributed by atoms with Crippen molar-refractivity contribution in [2.24, 2.45) is 5.73 Å². The molecular formula is C9H11F2N3O4S. The van der Waals surface area contributed by atoms with Gasteiger partial charge in [0.25, 0.3) is 0 Å². The number of sulfonamides is 1. The molecule has 0 fully saturated rings. The number of primary amides is 1. The quantitative estimate of drug-likeness (QED) is 0.499. The number of aliphatic hydroxyl groups excluding tert-OH is 1. The first-order chi connectivity index (χ1) is 8.66. The smallest absolute Gasteiger partial charge is 0.247 e. The second kappa shape index (κ2) is 5.47. The molecule has 0 radical (unpaired) electrons. The van der Waals surface area contributed by atoms with Crippen LogP contribution in [0.3, 0.4) is 0 Å². The van der Waals surface area contributed by atoms with Gasteiger partial charge in [0, 0.05) is 6.54 Å². The average Bonchev–Trinajstić information content (AvgIpc) is 2.32. The van der Waals surface area contributed by atoms with Crippen molar-refractivity contribution in [1.29, 1.82) is 0 Å². The largest absolute Gasteiger partial charge is 0.394 e. The topological polar surface area (TPSA) is 136 Å². The van der Waals surface area contributed by atoms with Gasteiger partial charge in [-0.3, -0.25) is 4.79 Å². The predicted molar refractivity (Wildman–Crippen MR) is 61.2 cm³/mol. The number of halogens is 2. The molecule has 1 amide bonds. The normalized spacial score (nSPS) is 13.2. The first-order valence-corrected chi connectivity index (χ1v) is 6.35. The van der Waals surface area contributed by atoms with Crippen LogP contribution < -0.4 is 16.2 Å². The first kappa shape index (κ1) is 15.3. The molecule has 1 aromatic carbocycles. The molecule has 6 N–H and O–H groups in total. The maximum absolute atomic E-state index is 13.5. The summed E-state index contributed by atoms with van der Waals surface area (Å²) < 4.78 is 51.4. The zero-order valence-corrected chi connectivity index (χ0v) is 10.2. The Bertz CT molecular complexity index is 606. The zero-order chi connectivity index (χ0) is 14.8. The summed E-state index contributed by atoms with van der Waals surface area (Å²) in [5, 5.41) is 9.02. The molecule has 0 heterocycles. The van der Waals surface area contributed by atoms with E-state index in [0.717, 1.165) is 0 Å². The fourth-order valence-electron chi connectivity index (χ4n) is 1.12. The highest BCUT2D eigenvalue weighted by molar-refractivity contribution is 7.89. The van der Waals surface area contributed by atoms with E-state index < -0.39 is 50.8 Å². The summed E-state index contributed by atoms with van der Waals surface area (Å²) in [7, 11) is -4.40. The van der Waals surface area contributed by atoms with Crippen LogP contribution in [0.25, 0.3) is 0 Å². The van der Waals surface area contributed by atoms with Crippen molar-refractivity contribution in [3.05, 3.63) is 23.8 Å². The van der Waals surface area contributed by atoms with Gasteiger partial charge in [0.1, 0.15) is 22.5 Å². The van der Waals surface area contributed by atoms with E-state index in [-0.39, 0.29) is 0 Å². The molecule has 0 spiro atoms. The monoisotopic (exact) mass is 295 g/mol. The van der Waals surface area contributed by atoms with Gasteiger partial charge in [0.15, 0.2) is 5.82 Å². The molecule has 7 nitrogen and oxygen atoms in total. The molecule has 0 aliphatic carbocycles. The average molecular weight is 295 g/mol. The van der Waals surface area contributed by atoms with Crippen LogP contribution in [0, 0.1) is 11.6 Å². The Kier molecular flexibility index (Phi) is 4.39. The minimum absolute atomic E-state index is 0.667. The lowest BCUT2D eigenvalue weighted by atomic mass is 10.3. The molecular weight excluding hydrogens is 284 g/mol. The summed E-state index contributed by atoms with van der Waals surface area (Å²) in [4.78, 5) is 9.61. The standard InChI is InChI=1S/C9H11F2N3O4S/c10-4-1-2-6(7(11)8(4)12)19(17,18)14-3-5(15)9(13)16/h1-2,5,14-15H,3,12H2,(H2,13,16). The van der Waals surface area contributed by atoms with Crippen LogP contribution in [0.5, 0.6) is 0 Å². The molecule has 0 aromatic heterocycles. The third-order valence-corrected chi connectivity index (χ3v) is 3.62. The van der Waals surface area contributed by atoms with Gasteiger partial charge in [-0.15, -0.1) is 0 Å². The number of nitrogen functional groups attached to an aromatic ring is 1. The highest BCUT2D eigenvalue weighted by atomic mass is 32.2. The second-order valence-corrected chi connectivity index (χ2v) is 5.28. The lowest BCUT2D eigenvalue weighted by molar-refractivity contribution is -0.125. The molecule has 19 heavy (non-hydrogen) atoms. The van der Waals surface area contributed by atoms with E-state index in [1.165, 1.54) is 0 Å². The van der Waals surface area contributed by atoms with E-state index in [4.69, 9.17) is 16.6 Å². The summed E-state index contributed by atoms with van der Waals surface area (Å²) in [5.41, 5.74) is 8.78. The fraction of sp³-hybridized carbons (Fsp3) is 0.222.